The van der Waals surface area contributed by atoms with Gasteiger partial charge in [-0.3, -0.25) is 14.4 Å². The van der Waals surface area contributed by atoms with Crippen molar-refractivity contribution in [2.45, 2.75) is 25.8 Å². The normalized spacial score (nSPS) is 17.9. The first kappa shape index (κ1) is 19.4. The number of halogens is 1. The maximum absolute atomic E-state index is 12.8. The molecular weight excluding hydrogens is 388 g/mol. The number of hydrogen-bond donors (Lipinski definition) is 0. The van der Waals surface area contributed by atoms with Crippen LogP contribution in [0.2, 0.25) is 0 Å². The minimum Gasteiger partial charge on any atom is -0.469 e. The molecule has 1 saturated heterocycles. The van der Waals surface area contributed by atoms with E-state index in [1.54, 1.807) is 31.0 Å². The molecule has 2 amide bonds. The second-order valence-corrected chi connectivity index (χ2v) is 7.22. The number of methoxy groups -OCH3 is 1. The third kappa shape index (κ3) is 4.60. The zero-order chi connectivity index (χ0) is 18.6. The topological polar surface area (TPSA) is 66.9 Å². The lowest BCUT2D eigenvalue weighted by Gasteiger charge is -2.29. The lowest BCUT2D eigenvalue weighted by molar-refractivity contribution is -0.146. The smallest absolute Gasteiger partial charge is 0.310 e. The second kappa shape index (κ2) is 8.47. The number of amides is 2. The van der Waals surface area contributed by atoms with Gasteiger partial charge in [-0.2, -0.15) is 0 Å². The molecule has 7 heteroatoms. The van der Waals surface area contributed by atoms with E-state index in [-0.39, 0.29) is 24.3 Å². The standard InChI is InChI=1S/C18H23BrN2O4/c1-12(18(24)25-3)11-20(2)17(23)15-5-4-10-21(15)16(22)13-6-8-14(19)9-7-13/h6-9,12,15H,4-5,10-11H2,1-3H3. The summed E-state index contributed by atoms with van der Waals surface area (Å²) in [6.07, 6.45) is 1.43. The molecule has 0 radical (unpaired) electrons. The van der Waals surface area contributed by atoms with Crippen molar-refractivity contribution in [2.24, 2.45) is 5.92 Å². The summed E-state index contributed by atoms with van der Waals surface area (Å²) in [5.74, 6) is -1.04. The van der Waals surface area contributed by atoms with Crippen LogP contribution < -0.4 is 0 Å². The molecule has 1 aliphatic heterocycles. The molecule has 136 valence electrons. The molecule has 0 aliphatic carbocycles. The third-order valence-electron chi connectivity index (χ3n) is 4.42. The van der Waals surface area contributed by atoms with Crippen LogP contribution in [0.15, 0.2) is 28.7 Å². The maximum atomic E-state index is 12.8. The zero-order valence-corrected chi connectivity index (χ0v) is 16.3. The first-order chi connectivity index (χ1) is 11.8. The predicted molar refractivity (Wildman–Crippen MR) is 97.0 cm³/mol. The Bertz CT molecular complexity index is 647. The van der Waals surface area contributed by atoms with Gasteiger partial charge in [-0.05, 0) is 37.1 Å². The summed E-state index contributed by atoms with van der Waals surface area (Å²) >= 11 is 3.35. The molecule has 1 aromatic carbocycles. The van der Waals surface area contributed by atoms with Gasteiger partial charge in [0, 0.05) is 30.2 Å². The number of benzene rings is 1. The van der Waals surface area contributed by atoms with Gasteiger partial charge in [-0.25, -0.2) is 0 Å². The molecule has 1 aliphatic rings. The van der Waals surface area contributed by atoms with E-state index in [0.29, 0.717) is 18.5 Å². The highest BCUT2D eigenvalue weighted by molar-refractivity contribution is 9.10. The van der Waals surface area contributed by atoms with Crippen LogP contribution in [0, 0.1) is 5.92 Å². The minimum atomic E-state index is -0.481. The second-order valence-electron chi connectivity index (χ2n) is 6.31. The number of carbonyl (C=O) groups excluding carboxylic acids is 3. The number of rotatable bonds is 5. The van der Waals surface area contributed by atoms with Gasteiger partial charge in [0.2, 0.25) is 5.91 Å². The number of ether oxygens (including phenoxy) is 1. The highest BCUT2D eigenvalue weighted by atomic mass is 79.9. The van der Waals surface area contributed by atoms with Crippen LogP contribution in [0.1, 0.15) is 30.1 Å². The summed E-state index contributed by atoms with van der Waals surface area (Å²) in [4.78, 5) is 40.2. The van der Waals surface area contributed by atoms with E-state index >= 15 is 0 Å². The summed E-state index contributed by atoms with van der Waals surface area (Å²) in [6, 6.07) is 6.63. The monoisotopic (exact) mass is 410 g/mol. The largest absolute Gasteiger partial charge is 0.469 e. The molecule has 1 heterocycles. The molecule has 2 atom stereocenters. The number of esters is 1. The van der Waals surface area contributed by atoms with Gasteiger partial charge in [-0.1, -0.05) is 22.9 Å². The number of likely N-dealkylation sites (tertiary alicyclic amines) is 1. The highest BCUT2D eigenvalue weighted by Gasteiger charge is 2.36. The molecule has 1 aromatic rings. The molecule has 0 aromatic heterocycles. The lowest BCUT2D eigenvalue weighted by Crippen LogP contribution is -2.48. The number of nitrogens with zero attached hydrogens (tertiary/aromatic N) is 2. The van der Waals surface area contributed by atoms with Crippen molar-refractivity contribution < 1.29 is 19.1 Å². The van der Waals surface area contributed by atoms with E-state index in [4.69, 9.17) is 4.74 Å². The van der Waals surface area contributed by atoms with E-state index in [1.807, 2.05) is 12.1 Å². The van der Waals surface area contributed by atoms with Gasteiger partial charge >= 0.3 is 5.97 Å². The molecule has 0 N–H and O–H groups in total. The summed E-state index contributed by atoms with van der Waals surface area (Å²) < 4.78 is 5.60. The fourth-order valence-corrected chi connectivity index (χ4v) is 3.32. The lowest BCUT2D eigenvalue weighted by atomic mass is 10.1. The fraction of sp³-hybridized carbons (Fsp3) is 0.500. The molecule has 0 spiro atoms. The van der Waals surface area contributed by atoms with Crippen LogP contribution in [0.25, 0.3) is 0 Å². The molecule has 2 unspecified atom stereocenters. The summed E-state index contributed by atoms with van der Waals surface area (Å²) in [5, 5.41) is 0. The molecule has 1 fully saturated rings. The van der Waals surface area contributed by atoms with Gasteiger partial charge in [0.25, 0.3) is 5.91 Å². The highest BCUT2D eigenvalue weighted by Crippen LogP contribution is 2.23. The maximum Gasteiger partial charge on any atom is 0.310 e. The van der Waals surface area contributed by atoms with Crippen LogP contribution in [0.3, 0.4) is 0 Å². The number of likely N-dealkylation sites (N-methyl/N-ethyl adjacent to an activating group) is 1. The van der Waals surface area contributed by atoms with Crippen molar-refractivity contribution >= 4 is 33.7 Å². The Labute approximate surface area is 156 Å². The van der Waals surface area contributed by atoms with Gasteiger partial charge in [0.15, 0.2) is 0 Å². The average Bonchev–Trinajstić information content (AvgIpc) is 3.09. The van der Waals surface area contributed by atoms with Crippen LogP contribution in [-0.4, -0.2) is 60.9 Å². The molecule has 0 saturated carbocycles. The summed E-state index contributed by atoms with van der Waals surface area (Å²) in [6.45, 7) is 2.54. The Kier molecular flexibility index (Phi) is 6.58. The van der Waals surface area contributed by atoms with E-state index in [1.165, 1.54) is 12.0 Å². The van der Waals surface area contributed by atoms with Crippen LogP contribution in [0.5, 0.6) is 0 Å². The van der Waals surface area contributed by atoms with Crippen molar-refractivity contribution in [1.29, 1.82) is 0 Å². The van der Waals surface area contributed by atoms with Crippen molar-refractivity contribution in [3.8, 4) is 0 Å². The van der Waals surface area contributed by atoms with E-state index in [0.717, 1.165) is 10.9 Å². The third-order valence-corrected chi connectivity index (χ3v) is 4.95. The van der Waals surface area contributed by atoms with E-state index in [9.17, 15) is 14.4 Å². The van der Waals surface area contributed by atoms with Gasteiger partial charge in [0.1, 0.15) is 6.04 Å². The zero-order valence-electron chi connectivity index (χ0n) is 14.7. The molecule has 2 rings (SSSR count). The van der Waals surface area contributed by atoms with Crippen molar-refractivity contribution in [1.82, 2.24) is 9.80 Å². The van der Waals surface area contributed by atoms with Gasteiger partial charge in [0.05, 0.1) is 13.0 Å². The van der Waals surface area contributed by atoms with Crippen LogP contribution in [0.4, 0.5) is 0 Å². The Morgan fingerprint density at radius 2 is 1.96 bits per heavy atom. The van der Waals surface area contributed by atoms with Crippen LogP contribution >= 0.6 is 15.9 Å². The minimum absolute atomic E-state index is 0.140. The summed E-state index contributed by atoms with van der Waals surface area (Å²) in [7, 11) is 2.98. The molecular formula is C18H23BrN2O4. The number of hydrogen-bond acceptors (Lipinski definition) is 4. The van der Waals surface area contributed by atoms with E-state index < -0.39 is 12.0 Å². The Morgan fingerprint density at radius 1 is 1.32 bits per heavy atom. The Hall–Kier alpha value is -1.89. The van der Waals surface area contributed by atoms with Crippen molar-refractivity contribution in [3.63, 3.8) is 0 Å². The number of carbonyl (C=O) groups is 3. The Balaban J connectivity index is 2.06. The molecule has 25 heavy (non-hydrogen) atoms. The van der Waals surface area contributed by atoms with E-state index in [2.05, 4.69) is 15.9 Å². The quantitative estimate of drug-likeness (QED) is 0.698. The fourth-order valence-electron chi connectivity index (χ4n) is 3.06. The first-order valence-electron chi connectivity index (χ1n) is 8.24. The van der Waals surface area contributed by atoms with Crippen molar-refractivity contribution in [2.75, 3.05) is 27.2 Å². The average molecular weight is 411 g/mol. The van der Waals surface area contributed by atoms with Gasteiger partial charge in [-0.15, -0.1) is 0 Å². The van der Waals surface area contributed by atoms with Crippen LogP contribution in [-0.2, 0) is 14.3 Å². The predicted octanol–water partition coefficient (Wildman–Crippen LogP) is 2.32. The SMILES string of the molecule is COC(=O)C(C)CN(C)C(=O)C1CCCN1C(=O)c1ccc(Br)cc1. The van der Waals surface area contributed by atoms with Crippen molar-refractivity contribution in [3.05, 3.63) is 34.3 Å². The summed E-state index contributed by atoms with van der Waals surface area (Å²) in [5.41, 5.74) is 0.563. The molecule has 6 nitrogen and oxygen atoms in total. The first-order valence-corrected chi connectivity index (χ1v) is 9.03. The molecule has 0 bridgehead atoms. The van der Waals surface area contributed by atoms with Gasteiger partial charge < -0.3 is 14.5 Å². The Morgan fingerprint density at radius 3 is 2.56 bits per heavy atom.